The lowest BCUT2D eigenvalue weighted by atomic mass is 9.68. The van der Waals surface area contributed by atoms with Gasteiger partial charge in [-0.05, 0) is 160 Å². The molecule has 4 saturated carbocycles. The van der Waals surface area contributed by atoms with Crippen LogP contribution >= 0.6 is 0 Å². The summed E-state index contributed by atoms with van der Waals surface area (Å²) in [5.41, 5.74) is 2.71. The molecule has 0 amide bonds. The van der Waals surface area contributed by atoms with Crippen molar-refractivity contribution in [3.63, 3.8) is 0 Å². The molecule has 244 valence electrons. The van der Waals surface area contributed by atoms with Crippen molar-refractivity contribution in [1.29, 1.82) is 0 Å². The van der Waals surface area contributed by atoms with Crippen LogP contribution in [0, 0.1) is 47.1 Å². The van der Waals surface area contributed by atoms with Gasteiger partial charge in [0.25, 0.3) is 0 Å². The molecule has 0 saturated heterocycles. The van der Waals surface area contributed by atoms with Crippen LogP contribution in [-0.2, 0) is 0 Å². The van der Waals surface area contributed by atoms with E-state index in [1.54, 1.807) is 24.3 Å². The number of rotatable bonds is 8. The van der Waals surface area contributed by atoms with E-state index in [-0.39, 0.29) is 11.6 Å². The van der Waals surface area contributed by atoms with Gasteiger partial charge in [-0.2, -0.15) is 0 Å². The van der Waals surface area contributed by atoms with Crippen molar-refractivity contribution in [2.75, 3.05) is 0 Å². The molecule has 0 spiro atoms. The zero-order chi connectivity index (χ0) is 30.7. The van der Waals surface area contributed by atoms with Gasteiger partial charge < -0.3 is 0 Å². The van der Waals surface area contributed by atoms with E-state index in [1.807, 2.05) is 24.3 Å². The third-order valence-corrected chi connectivity index (χ3v) is 12.7. The molecule has 0 unspecified atom stereocenters. The lowest BCUT2D eigenvalue weighted by Crippen LogP contribution is -2.25. The Kier molecular flexibility index (Phi) is 13.2. The number of halogens is 2. The molecule has 4 aliphatic carbocycles. The quantitative estimate of drug-likeness (QED) is 0.281. The molecule has 0 N–H and O–H groups in total. The van der Waals surface area contributed by atoms with Gasteiger partial charge in [-0.15, -0.1) is 0 Å². The number of hydrogen-bond donors (Lipinski definition) is 0. The highest BCUT2D eigenvalue weighted by Gasteiger charge is 2.32. The van der Waals surface area contributed by atoms with E-state index in [4.69, 9.17) is 0 Å². The molecule has 2 aromatic rings. The molecule has 0 radical (unpaired) electrons. The highest BCUT2D eigenvalue weighted by Crippen LogP contribution is 2.46. The van der Waals surface area contributed by atoms with Crippen molar-refractivity contribution < 1.29 is 8.78 Å². The molecule has 0 atom stereocenters. The average Bonchev–Trinajstić information content (AvgIpc) is 3.07. The molecule has 0 heterocycles. The molecule has 4 aliphatic rings. The van der Waals surface area contributed by atoms with E-state index < -0.39 is 0 Å². The van der Waals surface area contributed by atoms with Crippen LogP contribution in [0.4, 0.5) is 8.78 Å². The molecular formula is C42H62F2. The van der Waals surface area contributed by atoms with Gasteiger partial charge in [0, 0.05) is 0 Å². The Morgan fingerprint density at radius 1 is 0.409 bits per heavy atom. The lowest BCUT2D eigenvalue weighted by Gasteiger charge is -2.38. The second-order valence-corrected chi connectivity index (χ2v) is 15.5. The first-order valence-electron chi connectivity index (χ1n) is 19.0. The largest absolute Gasteiger partial charge is 0.207 e. The molecule has 6 rings (SSSR count). The predicted molar refractivity (Wildman–Crippen MR) is 183 cm³/mol. The normalized spacial score (nSPS) is 32.8. The summed E-state index contributed by atoms with van der Waals surface area (Å²) in [6.07, 6.45) is 28.3. The fourth-order valence-electron chi connectivity index (χ4n) is 10.0. The van der Waals surface area contributed by atoms with Crippen molar-refractivity contribution in [2.45, 2.75) is 154 Å². The lowest BCUT2D eigenvalue weighted by molar-refractivity contribution is 0.156. The van der Waals surface area contributed by atoms with Gasteiger partial charge in [-0.1, -0.05) is 89.5 Å². The topological polar surface area (TPSA) is 0 Å². The third-order valence-electron chi connectivity index (χ3n) is 12.7. The van der Waals surface area contributed by atoms with Crippen LogP contribution in [0.25, 0.3) is 0 Å². The number of hydrogen-bond acceptors (Lipinski definition) is 0. The maximum absolute atomic E-state index is 13.0. The zero-order valence-corrected chi connectivity index (χ0v) is 28.1. The molecule has 0 aromatic heterocycles. The van der Waals surface area contributed by atoms with Gasteiger partial charge in [0.1, 0.15) is 11.6 Å². The standard InChI is InChI=1S/2C21H31F/c2*1-2-3-16-4-6-17(7-5-16)18-8-10-19(11-9-18)20-12-14-21(22)15-13-20/h2*12-19H,2-11H2,1H3. The maximum atomic E-state index is 13.0. The molecule has 0 nitrogen and oxygen atoms in total. The summed E-state index contributed by atoms with van der Waals surface area (Å²) < 4.78 is 26.1. The molecular weight excluding hydrogens is 542 g/mol. The fourth-order valence-corrected chi connectivity index (χ4v) is 10.0. The van der Waals surface area contributed by atoms with Crippen molar-refractivity contribution in [3.8, 4) is 0 Å². The van der Waals surface area contributed by atoms with Crippen molar-refractivity contribution in [2.24, 2.45) is 35.5 Å². The molecule has 4 fully saturated rings. The first-order chi connectivity index (χ1) is 21.5. The maximum Gasteiger partial charge on any atom is 0.123 e. The summed E-state index contributed by atoms with van der Waals surface area (Å²) in [6, 6.07) is 14.5. The van der Waals surface area contributed by atoms with E-state index in [0.29, 0.717) is 11.8 Å². The van der Waals surface area contributed by atoms with Crippen LogP contribution in [0.3, 0.4) is 0 Å². The van der Waals surface area contributed by atoms with Crippen LogP contribution in [0.15, 0.2) is 48.5 Å². The van der Waals surface area contributed by atoms with Gasteiger partial charge in [0.05, 0.1) is 0 Å². The first kappa shape index (κ1) is 33.7. The highest BCUT2D eigenvalue weighted by molar-refractivity contribution is 5.22. The summed E-state index contributed by atoms with van der Waals surface area (Å²) in [5, 5.41) is 0. The van der Waals surface area contributed by atoms with Gasteiger partial charge in [-0.25, -0.2) is 8.78 Å². The summed E-state index contributed by atoms with van der Waals surface area (Å²) >= 11 is 0. The third kappa shape index (κ3) is 9.65. The molecule has 2 heteroatoms. The van der Waals surface area contributed by atoms with E-state index in [2.05, 4.69) is 13.8 Å². The Morgan fingerprint density at radius 3 is 0.955 bits per heavy atom. The van der Waals surface area contributed by atoms with Crippen LogP contribution in [0.5, 0.6) is 0 Å². The highest BCUT2D eigenvalue weighted by atomic mass is 19.1. The van der Waals surface area contributed by atoms with Crippen molar-refractivity contribution in [1.82, 2.24) is 0 Å². The fraction of sp³-hybridized carbons (Fsp3) is 0.714. The average molecular weight is 605 g/mol. The Labute approximate surface area is 269 Å². The Hall–Kier alpha value is -1.70. The minimum Gasteiger partial charge on any atom is -0.207 e. The number of benzene rings is 2. The Bertz CT molecular complexity index is 954. The molecule has 44 heavy (non-hydrogen) atoms. The van der Waals surface area contributed by atoms with Gasteiger partial charge in [0.2, 0.25) is 0 Å². The Morgan fingerprint density at radius 2 is 0.682 bits per heavy atom. The minimum absolute atomic E-state index is 0.110. The van der Waals surface area contributed by atoms with E-state index in [0.717, 1.165) is 35.5 Å². The smallest absolute Gasteiger partial charge is 0.123 e. The molecule has 0 bridgehead atoms. The Balaban J connectivity index is 0.000000175. The van der Waals surface area contributed by atoms with Crippen LogP contribution in [0.1, 0.15) is 165 Å². The SMILES string of the molecule is CCCC1CCC(C2CCC(c3ccc(F)cc3)CC2)CC1.CCCC1CCC(C2CCC(c3ccc(F)cc3)CC2)CC1. The summed E-state index contributed by atoms with van der Waals surface area (Å²) in [7, 11) is 0. The molecule has 0 aliphatic heterocycles. The minimum atomic E-state index is -0.110. The van der Waals surface area contributed by atoms with Gasteiger partial charge in [0.15, 0.2) is 0 Å². The van der Waals surface area contributed by atoms with Gasteiger partial charge >= 0.3 is 0 Å². The first-order valence-corrected chi connectivity index (χ1v) is 19.0. The van der Waals surface area contributed by atoms with Crippen LogP contribution in [-0.4, -0.2) is 0 Å². The zero-order valence-electron chi connectivity index (χ0n) is 28.1. The second kappa shape index (κ2) is 17.3. The summed E-state index contributed by atoms with van der Waals surface area (Å²) in [4.78, 5) is 0. The summed E-state index contributed by atoms with van der Waals surface area (Å²) in [5.74, 6) is 7.13. The monoisotopic (exact) mass is 604 g/mol. The van der Waals surface area contributed by atoms with Crippen LogP contribution in [0.2, 0.25) is 0 Å². The van der Waals surface area contributed by atoms with Crippen LogP contribution < -0.4 is 0 Å². The van der Waals surface area contributed by atoms with Crippen molar-refractivity contribution >= 4 is 0 Å². The predicted octanol–water partition coefficient (Wildman–Crippen LogP) is 13.4. The second-order valence-electron chi connectivity index (χ2n) is 15.5. The van der Waals surface area contributed by atoms with Gasteiger partial charge in [-0.3, -0.25) is 0 Å². The summed E-state index contributed by atoms with van der Waals surface area (Å²) in [6.45, 7) is 4.64. The molecule has 2 aromatic carbocycles. The van der Waals surface area contributed by atoms with E-state index in [1.165, 1.54) is 140 Å². The van der Waals surface area contributed by atoms with Crippen molar-refractivity contribution in [3.05, 3.63) is 71.3 Å². The van der Waals surface area contributed by atoms with E-state index in [9.17, 15) is 8.78 Å². The van der Waals surface area contributed by atoms with E-state index >= 15 is 0 Å².